The molecule has 0 aliphatic carbocycles. The van der Waals surface area contributed by atoms with Gasteiger partial charge in [-0.15, -0.1) is 23.2 Å². The summed E-state index contributed by atoms with van der Waals surface area (Å²) in [6.45, 7) is 0. The van der Waals surface area contributed by atoms with E-state index in [1.807, 2.05) is 54.6 Å². The highest BCUT2D eigenvalue weighted by atomic mass is 35.5. The van der Waals surface area contributed by atoms with E-state index >= 15 is 0 Å². The van der Waals surface area contributed by atoms with Crippen LogP contribution in [-0.4, -0.2) is 13.0 Å². The van der Waals surface area contributed by atoms with Gasteiger partial charge in [-0.05, 0) is 23.3 Å². The predicted octanol–water partition coefficient (Wildman–Crippen LogP) is 4.42. The molecule has 0 spiro atoms. The van der Waals surface area contributed by atoms with Gasteiger partial charge in [0, 0.05) is 5.88 Å². The second-order valence-electron chi connectivity index (χ2n) is 4.03. The van der Waals surface area contributed by atoms with E-state index < -0.39 is 4.87 Å². The van der Waals surface area contributed by atoms with Gasteiger partial charge in [0.1, 0.15) is 10.6 Å². The van der Waals surface area contributed by atoms with Crippen LogP contribution in [-0.2, 0) is 4.87 Å². The summed E-state index contributed by atoms with van der Waals surface area (Å²) >= 11 is 12.8. The van der Waals surface area contributed by atoms with Crippen molar-refractivity contribution < 1.29 is 4.74 Å². The Bertz CT molecular complexity index is 496. The Balaban J connectivity index is 2.43. The average molecular weight is 281 g/mol. The molecule has 1 nitrogen and oxygen atoms in total. The first kappa shape index (κ1) is 13.3. The average Bonchev–Trinajstić information content (AvgIpc) is 2.47. The Morgan fingerprint density at radius 1 is 0.944 bits per heavy atom. The molecule has 18 heavy (non-hydrogen) atoms. The van der Waals surface area contributed by atoms with E-state index in [1.165, 1.54) is 0 Å². The maximum atomic E-state index is 6.70. The number of hydrogen-bond acceptors (Lipinski definition) is 1. The van der Waals surface area contributed by atoms with Crippen molar-refractivity contribution in [1.29, 1.82) is 0 Å². The number of benzene rings is 2. The number of hydrogen-bond donors (Lipinski definition) is 0. The van der Waals surface area contributed by atoms with Crippen molar-refractivity contribution in [2.45, 2.75) is 4.87 Å². The van der Waals surface area contributed by atoms with Gasteiger partial charge in [-0.25, -0.2) is 0 Å². The van der Waals surface area contributed by atoms with Gasteiger partial charge in [0.15, 0.2) is 0 Å². The minimum Gasteiger partial charge on any atom is -0.497 e. The lowest BCUT2D eigenvalue weighted by molar-refractivity contribution is 0.414. The molecule has 0 bridgehead atoms. The summed E-state index contributed by atoms with van der Waals surface area (Å²) in [6.07, 6.45) is 0. The Kier molecular flexibility index (Phi) is 4.15. The van der Waals surface area contributed by atoms with E-state index in [0.29, 0.717) is 5.88 Å². The maximum Gasteiger partial charge on any atom is 0.118 e. The fourth-order valence-electron chi connectivity index (χ4n) is 1.88. The minimum absolute atomic E-state index is 0.310. The molecule has 0 saturated heterocycles. The van der Waals surface area contributed by atoms with Gasteiger partial charge in [0.05, 0.1) is 7.11 Å². The third-order valence-electron chi connectivity index (χ3n) is 2.96. The van der Waals surface area contributed by atoms with Gasteiger partial charge in [-0.1, -0.05) is 42.5 Å². The predicted molar refractivity (Wildman–Crippen MR) is 76.8 cm³/mol. The molecule has 0 aromatic heterocycles. The Morgan fingerprint density at radius 2 is 1.50 bits per heavy atom. The molecule has 0 radical (unpaired) electrons. The molecule has 0 aliphatic rings. The molecular formula is C15H14Cl2O. The zero-order valence-corrected chi connectivity index (χ0v) is 11.6. The Morgan fingerprint density at radius 3 is 2.00 bits per heavy atom. The zero-order chi connectivity index (χ0) is 13.0. The van der Waals surface area contributed by atoms with Gasteiger partial charge in [-0.3, -0.25) is 0 Å². The molecule has 0 fully saturated rings. The van der Waals surface area contributed by atoms with Crippen LogP contribution >= 0.6 is 23.2 Å². The second kappa shape index (κ2) is 5.64. The van der Waals surface area contributed by atoms with Crippen molar-refractivity contribution in [1.82, 2.24) is 0 Å². The first-order chi connectivity index (χ1) is 8.70. The van der Waals surface area contributed by atoms with Crippen molar-refractivity contribution in [3.8, 4) is 5.75 Å². The first-order valence-corrected chi connectivity index (χ1v) is 6.57. The summed E-state index contributed by atoms with van der Waals surface area (Å²) in [4.78, 5) is -0.699. The fourth-order valence-corrected chi connectivity index (χ4v) is 2.44. The standard InChI is InChI=1S/C15H14Cl2O/c1-18-14-9-7-13(8-10-14)15(17,11-16)12-5-3-2-4-6-12/h2-10H,11H2,1H3. The van der Waals surface area contributed by atoms with E-state index in [-0.39, 0.29) is 0 Å². The molecular weight excluding hydrogens is 267 g/mol. The highest BCUT2D eigenvalue weighted by Gasteiger charge is 2.30. The van der Waals surface area contributed by atoms with Crippen LogP contribution in [0, 0.1) is 0 Å². The SMILES string of the molecule is COc1ccc(C(Cl)(CCl)c2ccccc2)cc1. The number of rotatable bonds is 4. The summed E-state index contributed by atoms with van der Waals surface area (Å²) in [5, 5.41) is 0. The van der Waals surface area contributed by atoms with Gasteiger partial charge in [0.2, 0.25) is 0 Å². The lowest BCUT2D eigenvalue weighted by Crippen LogP contribution is -2.22. The molecule has 2 aromatic carbocycles. The molecule has 2 rings (SSSR count). The second-order valence-corrected chi connectivity index (χ2v) is 4.94. The molecule has 3 heteroatoms. The molecule has 94 valence electrons. The smallest absolute Gasteiger partial charge is 0.118 e. The topological polar surface area (TPSA) is 9.23 Å². The van der Waals surface area contributed by atoms with Crippen LogP contribution in [0.15, 0.2) is 54.6 Å². The van der Waals surface area contributed by atoms with Crippen LogP contribution in [0.5, 0.6) is 5.75 Å². The van der Waals surface area contributed by atoms with E-state index in [0.717, 1.165) is 16.9 Å². The normalized spacial score (nSPS) is 13.9. The Hall–Kier alpha value is -1.18. The highest BCUT2D eigenvalue weighted by Crippen LogP contribution is 2.38. The highest BCUT2D eigenvalue weighted by molar-refractivity contribution is 6.32. The largest absolute Gasteiger partial charge is 0.497 e. The van der Waals surface area contributed by atoms with Crippen LogP contribution in [0.3, 0.4) is 0 Å². The summed E-state index contributed by atoms with van der Waals surface area (Å²) < 4.78 is 5.15. The van der Waals surface area contributed by atoms with Crippen LogP contribution < -0.4 is 4.74 Å². The Labute approximate surface area is 117 Å². The number of halogens is 2. The number of ether oxygens (including phenoxy) is 1. The summed E-state index contributed by atoms with van der Waals surface area (Å²) in [5.41, 5.74) is 1.96. The summed E-state index contributed by atoms with van der Waals surface area (Å²) in [7, 11) is 1.64. The van der Waals surface area contributed by atoms with Crippen LogP contribution in [0.4, 0.5) is 0 Å². The van der Waals surface area contributed by atoms with Gasteiger partial charge >= 0.3 is 0 Å². The molecule has 1 unspecified atom stereocenters. The molecule has 0 aliphatic heterocycles. The van der Waals surface area contributed by atoms with Crippen LogP contribution in [0.1, 0.15) is 11.1 Å². The van der Waals surface area contributed by atoms with Crippen molar-refractivity contribution >= 4 is 23.2 Å². The van der Waals surface area contributed by atoms with E-state index in [1.54, 1.807) is 7.11 Å². The monoisotopic (exact) mass is 280 g/mol. The third kappa shape index (κ3) is 2.47. The zero-order valence-electron chi connectivity index (χ0n) is 10.1. The number of alkyl halides is 2. The molecule has 0 saturated carbocycles. The number of methoxy groups -OCH3 is 1. The lowest BCUT2D eigenvalue weighted by Gasteiger charge is -2.26. The van der Waals surface area contributed by atoms with Gasteiger partial charge in [0.25, 0.3) is 0 Å². The summed E-state index contributed by atoms with van der Waals surface area (Å²) in [6, 6.07) is 17.5. The van der Waals surface area contributed by atoms with E-state index in [2.05, 4.69) is 0 Å². The van der Waals surface area contributed by atoms with E-state index in [9.17, 15) is 0 Å². The van der Waals surface area contributed by atoms with Gasteiger partial charge in [-0.2, -0.15) is 0 Å². The third-order valence-corrected chi connectivity index (χ3v) is 4.07. The van der Waals surface area contributed by atoms with Crippen molar-refractivity contribution in [2.75, 3.05) is 13.0 Å². The molecule has 0 amide bonds. The lowest BCUT2D eigenvalue weighted by atomic mass is 9.92. The molecule has 0 heterocycles. The minimum atomic E-state index is -0.699. The molecule has 1 atom stereocenters. The van der Waals surface area contributed by atoms with Crippen LogP contribution in [0.2, 0.25) is 0 Å². The summed E-state index contributed by atoms with van der Waals surface area (Å²) in [5.74, 6) is 1.12. The van der Waals surface area contributed by atoms with Crippen molar-refractivity contribution in [2.24, 2.45) is 0 Å². The first-order valence-electron chi connectivity index (χ1n) is 5.65. The van der Waals surface area contributed by atoms with Gasteiger partial charge < -0.3 is 4.74 Å². The maximum absolute atomic E-state index is 6.70. The molecule has 0 N–H and O–H groups in total. The van der Waals surface area contributed by atoms with Crippen molar-refractivity contribution in [3.63, 3.8) is 0 Å². The molecule has 2 aromatic rings. The quantitative estimate of drug-likeness (QED) is 0.754. The van der Waals surface area contributed by atoms with Crippen LogP contribution in [0.25, 0.3) is 0 Å². The van der Waals surface area contributed by atoms with E-state index in [4.69, 9.17) is 27.9 Å². The fraction of sp³-hybridized carbons (Fsp3) is 0.200. The van der Waals surface area contributed by atoms with Crippen molar-refractivity contribution in [3.05, 3.63) is 65.7 Å².